The van der Waals surface area contributed by atoms with E-state index in [4.69, 9.17) is 0 Å². The van der Waals surface area contributed by atoms with Gasteiger partial charge in [0.25, 0.3) is 5.91 Å². The van der Waals surface area contributed by atoms with Crippen molar-refractivity contribution in [2.24, 2.45) is 0 Å². The normalized spacial score (nSPS) is 10.0. The van der Waals surface area contributed by atoms with Gasteiger partial charge in [0, 0.05) is 30.5 Å². The molecule has 2 aromatic rings. The molecule has 0 radical (unpaired) electrons. The summed E-state index contributed by atoms with van der Waals surface area (Å²) in [6.45, 7) is 2.71. The lowest BCUT2D eigenvalue weighted by atomic mass is 10.2. The Hall–Kier alpha value is -2.82. The molecule has 2 rings (SSSR count). The molecule has 23 heavy (non-hydrogen) atoms. The number of carbonyl (C=O) groups is 2. The van der Waals surface area contributed by atoms with E-state index in [-0.39, 0.29) is 18.4 Å². The van der Waals surface area contributed by atoms with Gasteiger partial charge in [0.1, 0.15) is 0 Å². The highest BCUT2D eigenvalue weighted by Gasteiger charge is 2.13. The summed E-state index contributed by atoms with van der Waals surface area (Å²) in [7, 11) is 1.59. The Labute approximate surface area is 136 Å². The summed E-state index contributed by atoms with van der Waals surface area (Å²) in [6, 6.07) is 16.6. The molecule has 0 aliphatic carbocycles. The monoisotopic (exact) mass is 311 g/mol. The number of amides is 2. The predicted molar refractivity (Wildman–Crippen MR) is 92.8 cm³/mol. The van der Waals surface area contributed by atoms with Crippen molar-refractivity contribution < 1.29 is 9.59 Å². The quantitative estimate of drug-likeness (QED) is 0.861. The molecule has 0 heterocycles. The number of nitrogens with one attached hydrogen (secondary N) is 2. The van der Waals surface area contributed by atoms with Crippen LogP contribution in [-0.2, 0) is 4.79 Å². The lowest BCUT2D eigenvalue weighted by Gasteiger charge is -2.21. The van der Waals surface area contributed by atoms with E-state index in [1.54, 1.807) is 30.1 Å². The molecule has 2 aromatic carbocycles. The average Bonchev–Trinajstić information content (AvgIpc) is 2.61. The van der Waals surface area contributed by atoms with Crippen molar-refractivity contribution in [1.82, 2.24) is 5.32 Å². The van der Waals surface area contributed by atoms with Crippen LogP contribution in [0.3, 0.4) is 0 Å². The molecule has 0 fully saturated rings. The number of likely N-dealkylation sites (N-methyl/N-ethyl adjacent to an activating group) is 1. The minimum absolute atomic E-state index is 0.0240. The fraction of sp³-hybridized carbons (Fsp3) is 0.222. The largest absolute Gasteiger partial charge is 0.376 e. The van der Waals surface area contributed by atoms with Crippen LogP contribution in [0.2, 0.25) is 0 Å². The van der Waals surface area contributed by atoms with Crippen LogP contribution in [0.15, 0.2) is 54.6 Å². The fourth-order valence-electron chi connectivity index (χ4n) is 2.30. The SMILES string of the molecule is CCN(C(=O)CNc1cccc(C(=O)NC)c1)c1ccccc1. The van der Waals surface area contributed by atoms with E-state index in [1.807, 2.05) is 43.3 Å². The third kappa shape index (κ3) is 4.32. The zero-order valence-electron chi connectivity index (χ0n) is 13.4. The first kappa shape index (κ1) is 16.5. The average molecular weight is 311 g/mol. The summed E-state index contributed by atoms with van der Waals surface area (Å²) >= 11 is 0. The third-order valence-corrected chi connectivity index (χ3v) is 3.48. The number of anilines is 2. The van der Waals surface area contributed by atoms with Crippen LogP contribution in [0.5, 0.6) is 0 Å². The zero-order chi connectivity index (χ0) is 16.7. The Morgan fingerprint density at radius 2 is 1.78 bits per heavy atom. The summed E-state index contributed by atoms with van der Waals surface area (Å²) in [5.41, 5.74) is 2.17. The minimum Gasteiger partial charge on any atom is -0.376 e. The first-order chi connectivity index (χ1) is 11.2. The molecule has 2 amide bonds. The molecule has 5 heteroatoms. The molecule has 0 aromatic heterocycles. The molecular formula is C18H21N3O2. The van der Waals surface area contributed by atoms with E-state index in [9.17, 15) is 9.59 Å². The maximum Gasteiger partial charge on any atom is 0.251 e. The third-order valence-electron chi connectivity index (χ3n) is 3.48. The molecule has 2 N–H and O–H groups in total. The number of rotatable bonds is 6. The second-order valence-electron chi connectivity index (χ2n) is 4.99. The highest BCUT2D eigenvalue weighted by atomic mass is 16.2. The van der Waals surface area contributed by atoms with Gasteiger partial charge in [-0.25, -0.2) is 0 Å². The molecule has 0 saturated carbocycles. The van der Waals surface area contributed by atoms with E-state index >= 15 is 0 Å². The lowest BCUT2D eigenvalue weighted by Crippen LogP contribution is -2.35. The van der Waals surface area contributed by atoms with Gasteiger partial charge in [-0.05, 0) is 37.3 Å². The van der Waals surface area contributed by atoms with Crippen LogP contribution < -0.4 is 15.5 Å². The topological polar surface area (TPSA) is 61.4 Å². The van der Waals surface area contributed by atoms with Crippen molar-refractivity contribution in [2.75, 3.05) is 30.4 Å². The van der Waals surface area contributed by atoms with Crippen molar-refractivity contribution in [3.05, 3.63) is 60.2 Å². The van der Waals surface area contributed by atoms with Gasteiger partial charge in [0.2, 0.25) is 5.91 Å². The van der Waals surface area contributed by atoms with Gasteiger partial charge in [0.05, 0.1) is 6.54 Å². The molecule has 0 atom stereocenters. The Morgan fingerprint density at radius 3 is 2.43 bits per heavy atom. The summed E-state index contributed by atoms with van der Waals surface area (Å²) in [5.74, 6) is -0.177. The molecule has 0 bridgehead atoms. The number of benzene rings is 2. The standard InChI is InChI=1S/C18H21N3O2/c1-3-21(16-10-5-4-6-11-16)17(22)13-20-15-9-7-8-14(12-15)18(23)19-2/h4-12,20H,3,13H2,1-2H3,(H,19,23). The van der Waals surface area contributed by atoms with Crippen molar-refractivity contribution in [3.63, 3.8) is 0 Å². The van der Waals surface area contributed by atoms with E-state index < -0.39 is 0 Å². The summed E-state index contributed by atoms with van der Waals surface area (Å²) in [5, 5.41) is 5.66. The van der Waals surface area contributed by atoms with E-state index in [1.165, 1.54) is 0 Å². The smallest absolute Gasteiger partial charge is 0.251 e. The van der Waals surface area contributed by atoms with E-state index in [0.717, 1.165) is 11.4 Å². The van der Waals surface area contributed by atoms with Gasteiger partial charge in [-0.1, -0.05) is 24.3 Å². The molecular weight excluding hydrogens is 290 g/mol. The van der Waals surface area contributed by atoms with Crippen molar-refractivity contribution >= 4 is 23.2 Å². The van der Waals surface area contributed by atoms with E-state index in [2.05, 4.69) is 10.6 Å². The Morgan fingerprint density at radius 1 is 1.04 bits per heavy atom. The highest BCUT2D eigenvalue weighted by molar-refractivity contribution is 5.97. The lowest BCUT2D eigenvalue weighted by molar-refractivity contribution is -0.116. The van der Waals surface area contributed by atoms with Gasteiger partial charge >= 0.3 is 0 Å². The number of nitrogens with zero attached hydrogens (tertiary/aromatic N) is 1. The van der Waals surface area contributed by atoms with Gasteiger partial charge in [-0.15, -0.1) is 0 Å². The molecule has 0 spiro atoms. The van der Waals surface area contributed by atoms with Crippen LogP contribution in [0.1, 0.15) is 17.3 Å². The second-order valence-corrected chi connectivity index (χ2v) is 4.99. The molecule has 120 valence electrons. The van der Waals surface area contributed by atoms with Gasteiger partial charge < -0.3 is 15.5 Å². The van der Waals surface area contributed by atoms with Crippen molar-refractivity contribution in [3.8, 4) is 0 Å². The number of para-hydroxylation sites is 1. The summed E-state index contributed by atoms with van der Waals surface area (Å²) in [6.07, 6.45) is 0. The van der Waals surface area contributed by atoms with Crippen LogP contribution in [0.4, 0.5) is 11.4 Å². The maximum atomic E-state index is 12.4. The van der Waals surface area contributed by atoms with Crippen molar-refractivity contribution in [1.29, 1.82) is 0 Å². The second kappa shape index (κ2) is 7.98. The zero-order valence-corrected chi connectivity index (χ0v) is 13.4. The Bertz CT molecular complexity index is 671. The van der Waals surface area contributed by atoms with Gasteiger partial charge in [-0.3, -0.25) is 9.59 Å². The maximum absolute atomic E-state index is 12.4. The van der Waals surface area contributed by atoms with Gasteiger partial charge in [-0.2, -0.15) is 0 Å². The number of carbonyl (C=O) groups excluding carboxylic acids is 2. The molecule has 0 aliphatic rings. The Kier molecular flexibility index (Phi) is 5.74. The van der Waals surface area contributed by atoms with Crippen LogP contribution in [0, 0.1) is 0 Å². The van der Waals surface area contributed by atoms with Gasteiger partial charge in [0.15, 0.2) is 0 Å². The molecule has 0 unspecified atom stereocenters. The van der Waals surface area contributed by atoms with Crippen LogP contribution in [-0.4, -0.2) is 32.0 Å². The van der Waals surface area contributed by atoms with Crippen molar-refractivity contribution in [2.45, 2.75) is 6.92 Å². The number of hydrogen-bond acceptors (Lipinski definition) is 3. The van der Waals surface area contributed by atoms with E-state index in [0.29, 0.717) is 12.1 Å². The fourth-order valence-corrected chi connectivity index (χ4v) is 2.30. The first-order valence-corrected chi connectivity index (χ1v) is 7.57. The van der Waals surface area contributed by atoms with Crippen LogP contribution in [0.25, 0.3) is 0 Å². The summed E-state index contributed by atoms with van der Waals surface area (Å²) < 4.78 is 0. The minimum atomic E-state index is -0.153. The molecule has 0 saturated heterocycles. The number of hydrogen-bond donors (Lipinski definition) is 2. The molecule has 5 nitrogen and oxygen atoms in total. The van der Waals surface area contributed by atoms with Crippen LogP contribution >= 0.6 is 0 Å². The molecule has 0 aliphatic heterocycles. The Balaban J connectivity index is 2.02. The first-order valence-electron chi connectivity index (χ1n) is 7.57. The summed E-state index contributed by atoms with van der Waals surface area (Å²) in [4.78, 5) is 25.8. The predicted octanol–water partition coefficient (Wildman–Crippen LogP) is 2.51. The highest BCUT2D eigenvalue weighted by Crippen LogP contribution is 2.14.